The summed E-state index contributed by atoms with van der Waals surface area (Å²) >= 11 is 0. The highest BCUT2D eigenvalue weighted by atomic mass is 16.5. The molecule has 0 fully saturated rings. The van der Waals surface area contributed by atoms with Crippen molar-refractivity contribution in [2.45, 2.75) is 266 Å². The summed E-state index contributed by atoms with van der Waals surface area (Å²) in [4.78, 5) is 0. The van der Waals surface area contributed by atoms with Crippen molar-refractivity contribution < 1.29 is 14.9 Å². The Labute approximate surface area is 310 Å². The molecule has 0 bridgehead atoms. The highest BCUT2D eigenvalue weighted by Crippen LogP contribution is 2.44. The third kappa shape index (κ3) is 28.1. The van der Waals surface area contributed by atoms with Gasteiger partial charge in [-0.1, -0.05) is 216 Å². The molecule has 0 aliphatic heterocycles. The van der Waals surface area contributed by atoms with Crippen molar-refractivity contribution in [1.29, 1.82) is 0 Å². The first kappa shape index (κ1) is 48.9. The lowest BCUT2D eigenvalue weighted by Crippen LogP contribution is -2.57. The van der Waals surface area contributed by atoms with Crippen molar-refractivity contribution in [2.75, 3.05) is 6.61 Å². The Balaban J connectivity index is 5.81. The van der Waals surface area contributed by atoms with Crippen LogP contribution in [0, 0.1) is 23.7 Å². The molecule has 0 aromatic heterocycles. The highest BCUT2D eigenvalue weighted by molar-refractivity contribution is 5.01. The lowest BCUT2D eigenvalue weighted by molar-refractivity contribution is -0.210. The number of hydrogen-bond acceptors (Lipinski definition) is 3. The molecule has 0 saturated heterocycles. The fraction of sp³-hybridized carbons (Fsp3) is 1.00. The first-order chi connectivity index (χ1) is 23.3. The predicted molar refractivity (Wildman–Crippen MR) is 219 cm³/mol. The van der Waals surface area contributed by atoms with Crippen LogP contribution in [0.5, 0.6) is 0 Å². The van der Waals surface area contributed by atoms with E-state index in [1.54, 1.807) is 0 Å². The molecule has 2 N–H and O–H groups in total. The minimum Gasteiger partial charge on any atom is -0.391 e. The van der Waals surface area contributed by atoms with E-state index in [9.17, 15) is 10.2 Å². The summed E-state index contributed by atoms with van der Waals surface area (Å²) in [6.07, 6.45) is 34.6. The van der Waals surface area contributed by atoms with Crippen LogP contribution in [0.25, 0.3) is 0 Å². The van der Waals surface area contributed by atoms with Gasteiger partial charge in [-0.05, 0) is 56.3 Å². The normalized spacial score (nSPS) is 14.5. The molecule has 2 unspecified atom stereocenters. The zero-order chi connectivity index (χ0) is 36.8. The number of ether oxygens (including phenoxy) is 1. The van der Waals surface area contributed by atoms with E-state index < -0.39 is 17.3 Å². The lowest BCUT2D eigenvalue weighted by Gasteiger charge is -2.48. The fourth-order valence-electron chi connectivity index (χ4n) is 7.89. The third-order valence-corrected chi connectivity index (χ3v) is 11.2. The molecule has 0 amide bonds. The van der Waals surface area contributed by atoms with E-state index in [1.807, 2.05) is 6.92 Å². The topological polar surface area (TPSA) is 49.7 Å². The Kier molecular flexibility index (Phi) is 31.3. The van der Waals surface area contributed by atoms with E-state index in [0.29, 0.717) is 6.61 Å². The Hall–Kier alpha value is -0.120. The van der Waals surface area contributed by atoms with E-state index in [4.69, 9.17) is 4.74 Å². The van der Waals surface area contributed by atoms with Crippen LogP contribution in [-0.4, -0.2) is 34.1 Å². The monoisotopic (exact) mass is 695 g/mol. The van der Waals surface area contributed by atoms with Crippen LogP contribution in [-0.2, 0) is 4.74 Å². The van der Waals surface area contributed by atoms with Crippen LogP contribution >= 0.6 is 0 Å². The molecule has 0 saturated carbocycles. The number of hydrogen-bond donors (Lipinski definition) is 2. The van der Waals surface area contributed by atoms with Gasteiger partial charge in [-0.25, -0.2) is 0 Å². The summed E-state index contributed by atoms with van der Waals surface area (Å²) in [6, 6.07) is 0. The summed E-state index contributed by atoms with van der Waals surface area (Å²) in [7, 11) is 0. The summed E-state index contributed by atoms with van der Waals surface area (Å²) in [6.45, 7) is 20.8. The molecule has 0 aliphatic rings. The molecule has 0 heterocycles. The van der Waals surface area contributed by atoms with E-state index in [1.165, 1.54) is 135 Å². The zero-order valence-electron chi connectivity index (χ0n) is 35.4. The standard InChI is InChI=1S/C46H94O3/c1-40(2)31-23-15-10-11-21-29-37-46(49-39-44(9)47,38-30-22-14-18-26-34-43(7)8)45(48,35-27-19-12-16-24-32-41(3)4)36-28-20-13-17-25-33-42(5)6/h40-44,47-48H,10-39H2,1-9H3. The molecule has 296 valence electrons. The van der Waals surface area contributed by atoms with Crippen molar-refractivity contribution in [2.24, 2.45) is 23.7 Å². The average molecular weight is 695 g/mol. The molecule has 0 spiro atoms. The summed E-state index contributed by atoms with van der Waals surface area (Å²) in [5, 5.41) is 23.5. The van der Waals surface area contributed by atoms with Gasteiger partial charge < -0.3 is 14.9 Å². The minimum atomic E-state index is -0.827. The second-order valence-electron chi connectivity index (χ2n) is 18.3. The average Bonchev–Trinajstić information content (AvgIpc) is 3.02. The van der Waals surface area contributed by atoms with Gasteiger partial charge >= 0.3 is 0 Å². The first-order valence-corrected chi connectivity index (χ1v) is 22.4. The van der Waals surface area contributed by atoms with E-state index in [2.05, 4.69) is 55.4 Å². The van der Waals surface area contributed by atoms with Crippen LogP contribution in [0.4, 0.5) is 0 Å². The highest BCUT2D eigenvalue weighted by Gasteiger charge is 2.49. The molecule has 0 rings (SSSR count). The van der Waals surface area contributed by atoms with Crippen LogP contribution in [0.2, 0.25) is 0 Å². The number of aliphatic hydroxyl groups excluding tert-OH is 1. The van der Waals surface area contributed by atoms with Gasteiger partial charge in [0.25, 0.3) is 0 Å². The van der Waals surface area contributed by atoms with Crippen molar-refractivity contribution in [1.82, 2.24) is 0 Å². The van der Waals surface area contributed by atoms with Gasteiger partial charge in [-0.3, -0.25) is 0 Å². The van der Waals surface area contributed by atoms with E-state index >= 15 is 0 Å². The maximum Gasteiger partial charge on any atom is 0.0969 e. The zero-order valence-corrected chi connectivity index (χ0v) is 35.4. The molecule has 3 nitrogen and oxygen atoms in total. The molecular weight excluding hydrogens is 601 g/mol. The van der Waals surface area contributed by atoms with Crippen LogP contribution in [0.15, 0.2) is 0 Å². The van der Waals surface area contributed by atoms with Crippen molar-refractivity contribution in [3.05, 3.63) is 0 Å². The second kappa shape index (κ2) is 31.4. The largest absolute Gasteiger partial charge is 0.391 e. The number of unbranched alkanes of at least 4 members (excludes halogenated alkanes) is 17. The molecule has 0 radical (unpaired) electrons. The first-order valence-electron chi connectivity index (χ1n) is 22.4. The van der Waals surface area contributed by atoms with Gasteiger partial charge in [-0.2, -0.15) is 0 Å². The smallest absolute Gasteiger partial charge is 0.0969 e. The van der Waals surface area contributed by atoms with Crippen molar-refractivity contribution in [3.8, 4) is 0 Å². The van der Waals surface area contributed by atoms with E-state index in [-0.39, 0.29) is 0 Å². The summed E-state index contributed by atoms with van der Waals surface area (Å²) < 4.78 is 6.93. The van der Waals surface area contributed by atoms with Gasteiger partial charge in [0.2, 0.25) is 0 Å². The minimum absolute atomic E-state index is 0.330. The Morgan fingerprint density at radius 3 is 0.878 bits per heavy atom. The van der Waals surface area contributed by atoms with Gasteiger partial charge in [0.05, 0.1) is 23.9 Å². The maximum absolute atomic E-state index is 13.0. The third-order valence-electron chi connectivity index (χ3n) is 11.2. The number of aliphatic hydroxyl groups is 2. The van der Waals surface area contributed by atoms with Crippen LogP contribution in [0.1, 0.15) is 249 Å². The SMILES string of the molecule is CC(C)CCCCCCCCC(CCCCCCCC(C)C)(OCC(C)O)C(O)(CCCCCCCC(C)C)CCCCCCCC(C)C. The Morgan fingerprint density at radius 1 is 0.367 bits per heavy atom. The van der Waals surface area contributed by atoms with Gasteiger partial charge in [0, 0.05) is 0 Å². The van der Waals surface area contributed by atoms with Crippen molar-refractivity contribution in [3.63, 3.8) is 0 Å². The molecule has 0 aliphatic carbocycles. The van der Waals surface area contributed by atoms with Crippen LogP contribution < -0.4 is 0 Å². The summed E-state index contributed by atoms with van der Waals surface area (Å²) in [5.41, 5.74) is -1.39. The Morgan fingerprint density at radius 2 is 0.612 bits per heavy atom. The number of rotatable bonds is 37. The molecule has 49 heavy (non-hydrogen) atoms. The molecule has 2 atom stereocenters. The maximum atomic E-state index is 13.0. The van der Waals surface area contributed by atoms with Gasteiger partial charge in [0.1, 0.15) is 0 Å². The quantitative estimate of drug-likeness (QED) is 0.0636. The fourth-order valence-corrected chi connectivity index (χ4v) is 7.89. The predicted octanol–water partition coefficient (Wildman–Crippen LogP) is 14.8. The lowest BCUT2D eigenvalue weighted by atomic mass is 9.70. The Bertz CT molecular complexity index is 662. The second-order valence-corrected chi connectivity index (χ2v) is 18.3. The van der Waals surface area contributed by atoms with Gasteiger partial charge in [-0.15, -0.1) is 0 Å². The molecule has 0 aromatic rings. The summed E-state index contributed by atoms with van der Waals surface area (Å²) in [5.74, 6) is 3.17. The van der Waals surface area contributed by atoms with Crippen molar-refractivity contribution >= 4 is 0 Å². The molecule has 0 aromatic carbocycles. The van der Waals surface area contributed by atoms with Crippen LogP contribution in [0.3, 0.4) is 0 Å². The van der Waals surface area contributed by atoms with Gasteiger partial charge in [0.15, 0.2) is 0 Å². The molecule has 3 heteroatoms. The molecular formula is C46H94O3. The van der Waals surface area contributed by atoms with E-state index in [0.717, 1.165) is 75.0 Å².